The van der Waals surface area contributed by atoms with Crippen molar-refractivity contribution in [1.29, 1.82) is 0 Å². The van der Waals surface area contributed by atoms with Crippen LogP contribution in [0.25, 0.3) is 0 Å². The zero-order valence-electron chi connectivity index (χ0n) is 6.85. The van der Waals surface area contributed by atoms with Crippen LogP contribution in [0.2, 0.25) is 19.0 Å². The van der Waals surface area contributed by atoms with E-state index in [1.165, 1.54) is 19.0 Å². The van der Waals surface area contributed by atoms with E-state index in [0.29, 0.717) is 0 Å². The Kier molecular flexibility index (Phi) is 14.2. The van der Waals surface area contributed by atoms with E-state index in [2.05, 4.69) is 32.5 Å². The van der Waals surface area contributed by atoms with Crippen molar-refractivity contribution in [3.8, 4) is 0 Å². The second kappa shape index (κ2) is 10.9. The highest BCUT2D eigenvalue weighted by Gasteiger charge is 2.01. The summed E-state index contributed by atoms with van der Waals surface area (Å²) in [7, 11) is 0. The summed E-state index contributed by atoms with van der Waals surface area (Å²) < 4.78 is 0. The quantitative estimate of drug-likeness (QED) is 0.344. The number of nitrogens with two attached hydrogens (primary N) is 2. The molecule has 0 unspecified atom stereocenters. The largest absolute Gasteiger partial charge is 0.274 e. The Morgan fingerprint density at radius 3 is 1.11 bits per heavy atom. The Morgan fingerprint density at radius 1 is 0.889 bits per heavy atom. The van der Waals surface area contributed by atoms with Gasteiger partial charge in [-0.1, -0.05) is 39.7 Å². The van der Waals surface area contributed by atoms with Gasteiger partial charge >= 0.3 is 0 Å². The first kappa shape index (κ1) is 11.7. The van der Waals surface area contributed by atoms with Crippen molar-refractivity contribution in [3.05, 3.63) is 0 Å². The van der Waals surface area contributed by atoms with Crippen molar-refractivity contribution in [2.45, 2.75) is 39.7 Å². The van der Waals surface area contributed by atoms with Gasteiger partial charge in [0.1, 0.15) is 6.71 Å². The molecule has 0 radical (unpaired) electrons. The Labute approximate surface area is 59.0 Å². The molecule has 0 aromatic heterocycles. The average molecular weight is 130 g/mol. The molecule has 0 saturated heterocycles. The molecule has 0 aromatic carbocycles. The molecule has 56 valence electrons. The summed E-state index contributed by atoms with van der Waals surface area (Å²) >= 11 is 0. The first-order chi connectivity index (χ1) is 4.35. The molecule has 0 aliphatic carbocycles. The molecular weight excluding hydrogens is 111 g/mol. The monoisotopic (exact) mass is 130 g/mol. The molecule has 0 aliphatic rings. The molecule has 0 bridgehead atoms. The minimum atomic E-state index is 0.986. The molecule has 0 amide bonds. The van der Waals surface area contributed by atoms with Crippen LogP contribution in [-0.2, 0) is 0 Å². The maximum Gasteiger partial charge on any atom is 0.139 e. The maximum atomic E-state index is 4.00. The van der Waals surface area contributed by atoms with Gasteiger partial charge in [0.2, 0.25) is 0 Å². The summed E-state index contributed by atoms with van der Waals surface area (Å²) in [6.07, 6.45) is 4.06. The van der Waals surface area contributed by atoms with Crippen LogP contribution in [0.15, 0.2) is 0 Å². The second-order valence-electron chi connectivity index (χ2n) is 2.09. The lowest BCUT2D eigenvalue weighted by molar-refractivity contribution is 1.24. The van der Waals surface area contributed by atoms with Crippen LogP contribution in [0.1, 0.15) is 20.8 Å². The molecule has 0 rings (SSSR count). The van der Waals surface area contributed by atoms with Crippen molar-refractivity contribution in [2.75, 3.05) is 0 Å². The Balaban J connectivity index is 0. The molecule has 4 N–H and O–H groups in total. The molecule has 0 saturated carbocycles. The SMILES string of the molecule is CCB(CC)CC.NN. The maximum absolute atomic E-state index is 4.00. The minimum absolute atomic E-state index is 0.986. The summed E-state index contributed by atoms with van der Waals surface area (Å²) in [5, 5.41) is 0. The van der Waals surface area contributed by atoms with Crippen molar-refractivity contribution < 1.29 is 0 Å². The molecule has 0 atom stereocenters. The van der Waals surface area contributed by atoms with Crippen molar-refractivity contribution in [3.63, 3.8) is 0 Å². The molecule has 0 aromatic rings. The summed E-state index contributed by atoms with van der Waals surface area (Å²) in [6, 6.07) is 0. The topological polar surface area (TPSA) is 52.0 Å². The number of hydrogen-bond acceptors (Lipinski definition) is 2. The Hall–Kier alpha value is -0.0151. The van der Waals surface area contributed by atoms with Crippen molar-refractivity contribution in [2.24, 2.45) is 11.7 Å². The summed E-state index contributed by atoms with van der Waals surface area (Å²) in [6.45, 7) is 7.77. The predicted molar refractivity (Wildman–Crippen MR) is 45.6 cm³/mol. The second-order valence-corrected chi connectivity index (χ2v) is 2.09. The van der Waals surface area contributed by atoms with E-state index >= 15 is 0 Å². The van der Waals surface area contributed by atoms with Gasteiger partial charge in [-0.2, -0.15) is 0 Å². The molecular formula is C6H19BN2. The van der Waals surface area contributed by atoms with E-state index < -0.39 is 0 Å². The van der Waals surface area contributed by atoms with E-state index in [9.17, 15) is 0 Å². The van der Waals surface area contributed by atoms with Gasteiger partial charge in [-0.3, -0.25) is 11.7 Å². The van der Waals surface area contributed by atoms with E-state index in [0.717, 1.165) is 6.71 Å². The minimum Gasteiger partial charge on any atom is -0.274 e. The zero-order chi connectivity index (χ0) is 7.70. The number of rotatable bonds is 3. The fraction of sp³-hybridized carbons (Fsp3) is 1.00. The molecule has 3 heteroatoms. The molecule has 0 aliphatic heterocycles. The van der Waals surface area contributed by atoms with Crippen LogP contribution in [0.4, 0.5) is 0 Å². The third kappa shape index (κ3) is 7.98. The molecule has 2 nitrogen and oxygen atoms in total. The van der Waals surface area contributed by atoms with Crippen molar-refractivity contribution >= 4 is 6.71 Å². The summed E-state index contributed by atoms with van der Waals surface area (Å²) in [5.41, 5.74) is 0. The zero-order valence-corrected chi connectivity index (χ0v) is 6.85. The van der Waals surface area contributed by atoms with Gasteiger partial charge in [-0.25, -0.2) is 0 Å². The van der Waals surface area contributed by atoms with Crippen LogP contribution >= 0.6 is 0 Å². The van der Waals surface area contributed by atoms with Gasteiger partial charge in [0, 0.05) is 0 Å². The highest BCUT2D eigenvalue weighted by Crippen LogP contribution is 2.01. The average Bonchev–Trinajstić information content (AvgIpc) is 1.96. The van der Waals surface area contributed by atoms with Crippen LogP contribution in [-0.4, -0.2) is 6.71 Å². The van der Waals surface area contributed by atoms with E-state index in [1.807, 2.05) is 0 Å². The fourth-order valence-electron chi connectivity index (χ4n) is 0.866. The third-order valence-corrected chi connectivity index (χ3v) is 1.73. The highest BCUT2D eigenvalue weighted by molar-refractivity contribution is 6.58. The van der Waals surface area contributed by atoms with Gasteiger partial charge < -0.3 is 0 Å². The normalized spacial score (nSPS) is 7.67. The highest BCUT2D eigenvalue weighted by atomic mass is 15.0. The Morgan fingerprint density at radius 2 is 1.11 bits per heavy atom. The lowest BCUT2D eigenvalue weighted by Gasteiger charge is -2.00. The van der Waals surface area contributed by atoms with Crippen molar-refractivity contribution in [1.82, 2.24) is 0 Å². The summed E-state index contributed by atoms with van der Waals surface area (Å²) in [4.78, 5) is 0. The predicted octanol–water partition coefficient (Wildman–Crippen LogP) is 1.36. The standard InChI is InChI=1S/C6H15B.H4N2/c1-4-7(5-2)6-3;1-2/h4-6H2,1-3H3;1-2H2. The van der Waals surface area contributed by atoms with Crippen LogP contribution < -0.4 is 11.7 Å². The van der Waals surface area contributed by atoms with Gasteiger partial charge in [-0.15, -0.1) is 0 Å². The van der Waals surface area contributed by atoms with E-state index in [1.54, 1.807) is 0 Å². The number of hydrazine groups is 1. The molecule has 0 spiro atoms. The Bertz CT molecular complexity index is 32.5. The molecule has 9 heavy (non-hydrogen) atoms. The van der Waals surface area contributed by atoms with Crippen LogP contribution in [0, 0.1) is 0 Å². The first-order valence-corrected chi connectivity index (χ1v) is 3.68. The number of hydrogen-bond donors (Lipinski definition) is 2. The van der Waals surface area contributed by atoms with E-state index in [4.69, 9.17) is 0 Å². The van der Waals surface area contributed by atoms with E-state index in [-0.39, 0.29) is 0 Å². The molecule has 0 heterocycles. The van der Waals surface area contributed by atoms with Gasteiger partial charge in [0.15, 0.2) is 0 Å². The van der Waals surface area contributed by atoms with Gasteiger partial charge in [0.25, 0.3) is 0 Å². The lowest BCUT2D eigenvalue weighted by atomic mass is 9.44. The van der Waals surface area contributed by atoms with Crippen LogP contribution in [0.3, 0.4) is 0 Å². The first-order valence-electron chi connectivity index (χ1n) is 3.68. The lowest BCUT2D eigenvalue weighted by Crippen LogP contribution is -2.04. The van der Waals surface area contributed by atoms with Gasteiger partial charge in [0.05, 0.1) is 0 Å². The summed E-state index contributed by atoms with van der Waals surface area (Å²) in [5.74, 6) is 8.00. The molecule has 0 fully saturated rings. The smallest absolute Gasteiger partial charge is 0.139 e. The van der Waals surface area contributed by atoms with Crippen LogP contribution in [0.5, 0.6) is 0 Å². The third-order valence-electron chi connectivity index (χ3n) is 1.73. The fourth-order valence-corrected chi connectivity index (χ4v) is 0.866. The van der Waals surface area contributed by atoms with Gasteiger partial charge in [-0.05, 0) is 0 Å².